The van der Waals surface area contributed by atoms with E-state index in [0.717, 1.165) is 28.0 Å². The number of amides is 1. The first-order valence-corrected chi connectivity index (χ1v) is 9.75. The summed E-state index contributed by atoms with van der Waals surface area (Å²) in [6, 6.07) is 5.94. The number of nitrogens with one attached hydrogen (secondary N) is 1. The summed E-state index contributed by atoms with van der Waals surface area (Å²) in [7, 11) is 3.42. The molecule has 0 bridgehead atoms. The number of allylic oxidation sites excluding steroid dienone is 2. The van der Waals surface area contributed by atoms with E-state index in [1.165, 1.54) is 0 Å². The normalized spacial score (nSPS) is 20.3. The lowest BCUT2D eigenvalue weighted by Crippen LogP contribution is -2.33. The van der Waals surface area contributed by atoms with Crippen LogP contribution in [0.4, 0.5) is 0 Å². The number of rotatable bonds is 6. The molecule has 0 saturated heterocycles. The van der Waals surface area contributed by atoms with Crippen LogP contribution in [0.1, 0.15) is 43.0 Å². The molecule has 0 aromatic heterocycles. The Balaban J connectivity index is 1.83. The van der Waals surface area contributed by atoms with Gasteiger partial charge in [0, 0.05) is 25.1 Å². The molecule has 1 aliphatic carbocycles. The molecule has 2 unspecified atom stereocenters. The van der Waals surface area contributed by atoms with Crippen LogP contribution in [0.25, 0.3) is 0 Å². The van der Waals surface area contributed by atoms with E-state index in [1.807, 2.05) is 25.2 Å². The quantitative estimate of drug-likeness (QED) is 0.697. The lowest BCUT2D eigenvalue weighted by Gasteiger charge is -2.27. The van der Waals surface area contributed by atoms with Gasteiger partial charge in [0.25, 0.3) is 5.91 Å². The fourth-order valence-electron chi connectivity index (χ4n) is 3.96. The van der Waals surface area contributed by atoms with Crippen LogP contribution in [0.5, 0.6) is 0 Å². The summed E-state index contributed by atoms with van der Waals surface area (Å²) in [5, 5.41) is 23.1. The molecule has 152 valence electrons. The lowest BCUT2D eigenvalue weighted by molar-refractivity contribution is -0.128. The van der Waals surface area contributed by atoms with Crippen molar-refractivity contribution in [1.29, 1.82) is 0 Å². The number of carbonyl (C=O) groups is 1. The van der Waals surface area contributed by atoms with E-state index in [9.17, 15) is 15.0 Å². The van der Waals surface area contributed by atoms with E-state index >= 15 is 0 Å². The third kappa shape index (κ3) is 3.85. The molecule has 0 radical (unpaired) electrons. The summed E-state index contributed by atoms with van der Waals surface area (Å²) < 4.78 is 5.42. The Hall–Kier alpha value is -2.15. The third-order valence-corrected chi connectivity index (χ3v) is 5.66. The first kappa shape index (κ1) is 20.6. The van der Waals surface area contributed by atoms with Crippen molar-refractivity contribution in [2.45, 2.75) is 45.5 Å². The molecule has 3 rings (SSSR count). The number of aliphatic hydroxyl groups excluding tert-OH is 2. The maximum Gasteiger partial charge on any atom is 0.253 e. The summed E-state index contributed by atoms with van der Waals surface area (Å²) in [5.74, 6) is 0.821. The predicted octanol–water partition coefficient (Wildman–Crippen LogP) is 2.03. The standard InChI is InChI=1S/C22H30N2O4/c1-13(2)17-8-18(20(26)9-21(17)28-4)22(27)24-10-15-6-5-14(7-16(15)11-24)19(12-25)23-3/h5-8,13,19-20,23,25-26H,9-12H2,1-4H3. The van der Waals surface area contributed by atoms with Crippen molar-refractivity contribution >= 4 is 5.91 Å². The number of likely N-dealkylation sites (N-methyl/N-ethyl adjacent to an activating group) is 1. The van der Waals surface area contributed by atoms with Crippen molar-refractivity contribution in [3.63, 3.8) is 0 Å². The molecule has 0 saturated carbocycles. The lowest BCUT2D eigenvalue weighted by atomic mass is 9.88. The Labute approximate surface area is 166 Å². The molecule has 0 spiro atoms. The Bertz CT molecular complexity index is 809. The fraction of sp³-hybridized carbons (Fsp3) is 0.500. The highest BCUT2D eigenvalue weighted by atomic mass is 16.5. The number of carbonyl (C=O) groups excluding carboxylic acids is 1. The van der Waals surface area contributed by atoms with Crippen LogP contribution in [0.15, 0.2) is 41.2 Å². The van der Waals surface area contributed by atoms with Crippen LogP contribution in [0.3, 0.4) is 0 Å². The molecule has 1 heterocycles. The number of nitrogens with zero attached hydrogens (tertiary/aromatic N) is 1. The second kappa shape index (κ2) is 8.47. The van der Waals surface area contributed by atoms with Gasteiger partial charge in [0.15, 0.2) is 0 Å². The number of fused-ring (bicyclic) bond motifs is 1. The summed E-state index contributed by atoms with van der Waals surface area (Å²) in [6.07, 6.45) is 1.27. The van der Waals surface area contributed by atoms with Crippen molar-refractivity contribution in [3.8, 4) is 0 Å². The molecular formula is C22H30N2O4. The van der Waals surface area contributed by atoms with Gasteiger partial charge in [-0.1, -0.05) is 32.0 Å². The van der Waals surface area contributed by atoms with E-state index < -0.39 is 6.10 Å². The van der Waals surface area contributed by atoms with Crippen LogP contribution in [0.2, 0.25) is 0 Å². The van der Waals surface area contributed by atoms with Gasteiger partial charge >= 0.3 is 0 Å². The minimum absolute atomic E-state index is 0.0170. The van der Waals surface area contributed by atoms with Crippen LogP contribution < -0.4 is 5.32 Å². The first-order valence-electron chi connectivity index (χ1n) is 9.75. The van der Waals surface area contributed by atoms with Gasteiger partial charge in [-0.25, -0.2) is 0 Å². The second-order valence-electron chi connectivity index (χ2n) is 7.77. The molecule has 2 aliphatic rings. The van der Waals surface area contributed by atoms with E-state index in [2.05, 4.69) is 19.2 Å². The van der Waals surface area contributed by atoms with E-state index in [-0.39, 0.29) is 24.5 Å². The summed E-state index contributed by atoms with van der Waals surface area (Å²) in [6.45, 7) is 5.16. The zero-order valence-corrected chi connectivity index (χ0v) is 17.0. The van der Waals surface area contributed by atoms with Crippen molar-refractivity contribution in [2.75, 3.05) is 20.8 Å². The number of hydrogen-bond donors (Lipinski definition) is 3. The molecule has 6 nitrogen and oxygen atoms in total. The number of benzene rings is 1. The average molecular weight is 386 g/mol. The molecule has 0 fully saturated rings. The smallest absolute Gasteiger partial charge is 0.253 e. The van der Waals surface area contributed by atoms with E-state index in [1.54, 1.807) is 18.1 Å². The highest BCUT2D eigenvalue weighted by molar-refractivity contribution is 5.95. The van der Waals surface area contributed by atoms with Gasteiger partial charge in [0.1, 0.15) is 5.76 Å². The van der Waals surface area contributed by atoms with Crippen molar-refractivity contribution in [2.24, 2.45) is 5.92 Å². The molecule has 1 aliphatic heterocycles. The van der Waals surface area contributed by atoms with Crippen molar-refractivity contribution in [1.82, 2.24) is 10.2 Å². The van der Waals surface area contributed by atoms with Gasteiger partial charge in [-0.15, -0.1) is 0 Å². The number of methoxy groups -OCH3 is 1. The van der Waals surface area contributed by atoms with E-state index in [4.69, 9.17) is 4.74 Å². The van der Waals surface area contributed by atoms with Crippen LogP contribution in [0, 0.1) is 5.92 Å². The zero-order valence-electron chi connectivity index (χ0n) is 17.0. The molecule has 6 heteroatoms. The molecule has 1 aromatic carbocycles. The van der Waals surface area contributed by atoms with Gasteiger partial charge in [-0.05, 0) is 41.3 Å². The maximum atomic E-state index is 13.2. The Morgan fingerprint density at radius 1 is 1.32 bits per heavy atom. The monoisotopic (exact) mass is 386 g/mol. The van der Waals surface area contributed by atoms with Crippen LogP contribution >= 0.6 is 0 Å². The molecule has 1 amide bonds. The number of aliphatic hydroxyl groups is 2. The van der Waals surface area contributed by atoms with Gasteiger partial charge in [-0.3, -0.25) is 4.79 Å². The summed E-state index contributed by atoms with van der Waals surface area (Å²) in [5.41, 5.74) is 4.59. The molecule has 28 heavy (non-hydrogen) atoms. The van der Waals surface area contributed by atoms with Gasteiger partial charge in [-0.2, -0.15) is 0 Å². The van der Waals surface area contributed by atoms with Crippen molar-refractivity contribution in [3.05, 3.63) is 57.9 Å². The third-order valence-electron chi connectivity index (χ3n) is 5.66. The van der Waals surface area contributed by atoms with Crippen molar-refractivity contribution < 1.29 is 19.7 Å². The largest absolute Gasteiger partial charge is 0.501 e. The minimum atomic E-state index is -0.854. The highest BCUT2D eigenvalue weighted by Gasteiger charge is 2.33. The molecule has 2 atom stereocenters. The summed E-state index contributed by atoms with van der Waals surface area (Å²) >= 11 is 0. The van der Waals surface area contributed by atoms with Gasteiger partial charge < -0.3 is 25.2 Å². The SMILES string of the molecule is CNC(CO)c1ccc2c(c1)CN(C(=O)C1=CC(C(C)C)=C(OC)CC1O)C2. The Morgan fingerprint density at radius 3 is 2.64 bits per heavy atom. The average Bonchev–Trinajstić information content (AvgIpc) is 3.11. The molecular weight excluding hydrogens is 356 g/mol. The minimum Gasteiger partial charge on any atom is -0.501 e. The fourth-order valence-corrected chi connectivity index (χ4v) is 3.96. The van der Waals surface area contributed by atoms with Gasteiger partial charge in [0.2, 0.25) is 0 Å². The van der Waals surface area contributed by atoms with E-state index in [0.29, 0.717) is 25.1 Å². The summed E-state index contributed by atoms with van der Waals surface area (Å²) in [4.78, 5) is 14.9. The topological polar surface area (TPSA) is 82.0 Å². The highest BCUT2D eigenvalue weighted by Crippen LogP contribution is 2.33. The van der Waals surface area contributed by atoms with Crippen LogP contribution in [-0.4, -0.2) is 47.9 Å². The Kier molecular flexibility index (Phi) is 6.23. The second-order valence-corrected chi connectivity index (χ2v) is 7.77. The zero-order chi connectivity index (χ0) is 20.4. The first-order chi connectivity index (χ1) is 13.4. The number of hydrogen-bond acceptors (Lipinski definition) is 5. The predicted molar refractivity (Wildman–Crippen MR) is 107 cm³/mol. The molecule has 3 N–H and O–H groups in total. The maximum absolute atomic E-state index is 13.2. The molecule has 1 aromatic rings. The Morgan fingerprint density at radius 2 is 2.04 bits per heavy atom. The van der Waals surface area contributed by atoms with Gasteiger partial charge in [0.05, 0.1) is 25.9 Å². The van der Waals surface area contributed by atoms with Crippen LogP contribution in [-0.2, 0) is 22.6 Å². The number of ether oxygens (including phenoxy) is 1.